The average molecular weight is 408 g/mol. The third-order valence-corrected chi connectivity index (χ3v) is 3.45. The van der Waals surface area contributed by atoms with E-state index in [4.69, 9.17) is 16.2 Å². The predicted octanol–water partition coefficient (Wildman–Crippen LogP) is 6.17. The average Bonchev–Trinajstić information content (AvgIpc) is 2.75. The lowest BCUT2D eigenvalue weighted by molar-refractivity contribution is 0.100. The van der Waals surface area contributed by atoms with Gasteiger partial charge in [-0.1, -0.05) is 44.7 Å². The first kappa shape index (κ1) is 26.4. The molecule has 0 aliphatic rings. The number of carbonyl (C=O) groups is 1. The predicted molar refractivity (Wildman–Crippen MR) is 130 cm³/mol. The third kappa shape index (κ3) is 10.1. The van der Waals surface area contributed by atoms with Crippen LogP contribution in [0.2, 0.25) is 0 Å². The molecule has 0 radical (unpaired) electrons. The minimum absolute atomic E-state index is 0.356. The molecule has 0 atom stereocenters. The van der Waals surface area contributed by atoms with Crippen LogP contribution in [0.25, 0.3) is 0 Å². The molecular weight excluding hydrogens is 374 g/mol. The van der Waals surface area contributed by atoms with Gasteiger partial charge in [0.25, 0.3) is 0 Å². The van der Waals surface area contributed by atoms with Gasteiger partial charge in [0.05, 0.1) is 11.4 Å². The molecule has 0 saturated carbocycles. The molecule has 0 heterocycles. The van der Waals surface area contributed by atoms with E-state index in [0.717, 1.165) is 5.57 Å². The lowest BCUT2D eigenvalue weighted by atomic mass is 10.1. The molecular formula is C25H33N3O2. The summed E-state index contributed by atoms with van der Waals surface area (Å²) >= 11 is 0. The zero-order valence-electron chi connectivity index (χ0n) is 18.6. The first-order chi connectivity index (χ1) is 14.4. The normalized spacial score (nSPS) is 12.9. The second-order valence-corrected chi connectivity index (χ2v) is 5.78. The number of benzene rings is 1. The number of nitrogen functional groups attached to an aromatic ring is 1. The van der Waals surface area contributed by atoms with Crippen molar-refractivity contribution in [3.05, 3.63) is 96.0 Å². The van der Waals surface area contributed by atoms with Crippen molar-refractivity contribution in [1.82, 2.24) is 0 Å². The van der Waals surface area contributed by atoms with Crippen molar-refractivity contribution >= 4 is 23.5 Å². The molecule has 30 heavy (non-hydrogen) atoms. The van der Waals surface area contributed by atoms with Crippen LogP contribution < -0.4 is 11.5 Å². The number of amides is 1. The Morgan fingerprint density at radius 3 is 2.37 bits per heavy atom. The van der Waals surface area contributed by atoms with Crippen molar-refractivity contribution in [2.75, 3.05) is 5.73 Å². The van der Waals surface area contributed by atoms with Crippen molar-refractivity contribution in [2.45, 2.75) is 34.6 Å². The van der Waals surface area contributed by atoms with E-state index in [1.807, 2.05) is 71.1 Å². The SMILES string of the molecule is C=C/C(=C\C=C(/C)C=Nc1cc(C(N)=O)ccc1N)OC(/C=C\C)=C/C=C/C.CC. The van der Waals surface area contributed by atoms with Crippen molar-refractivity contribution in [3.8, 4) is 0 Å². The minimum Gasteiger partial charge on any atom is -0.457 e. The number of anilines is 1. The first-order valence-corrected chi connectivity index (χ1v) is 9.79. The molecule has 1 aromatic rings. The largest absolute Gasteiger partial charge is 0.457 e. The fourth-order valence-corrected chi connectivity index (χ4v) is 2.00. The molecule has 0 unspecified atom stereocenters. The van der Waals surface area contributed by atoms with Crippen molar-refractivity contribution < 1.29 is 9.53 Å². The van der Waals surface area contributed by atoms with Gasteiger partial charge in [0.1, 0.15) is 11.5 Å². The topological polar surface area (TPSA) is 90.7 Å². The summed E-state index contributed by atoms with van der Waals surface area (Å²) in [6.45, 7) is 13.5. The molecule has 0 aromatic heterocycles. The maximum Gasteiger partial charge on any atom is 0.248 e. The van der Waals surface area contributed by atoms with Crippen LogP contribution in [0.4, 0.5) is 11.4 Å². The number of nitrogens with zero attached hydrogens (tertiary/aromatic N) is 1. The number of primary amides is 1. The number of allylic oxidation sites excluding steroid dienone is 9. The summed E-state index contributed by atoms with van der Waals surface area (Å²) < 4.78 is 5.82. The lowest BCUT2D eigenvalue weighted by Gasteiger charge is -2.06. The minimum atomic E-state index is -0.526. The van der Waals surface area contributed by atoms with Gasteiger partial charge in [-0.25, -0.2) is 0 Å². The summed E-state index contributed by atoms with van der Waals surface area (Å²) in [7, 11) is 0. The van der Waals surface area contributed by atoms with E-state index in [9.17, 15) is 4.79 Å². The number of aliphatic imine (C=N–C) groups is 1. The maximum absolute atomic E-state index is 11.3. The van der Waals surface area contributed by atoms with Crippen molar-refractivity contribution in [2.24, 2.45) is 10.7 Å². The molecule has 1 aromatic carbocycles. The van der Waals surface area contributed by atoms with Gasteiger partial charge in [0.2, 0.25) is 5.91 Å². The van der Waals surface area contributed by atoms with Gasteiger partial charge in [0.15, 0.2) is 0 Å². The van der Waals surface area contributed by atoms with Gasteiger partial charge in [-0.15, -0.1) is 0 Å². The number of carbonyl (C=O) groups excluding carboxylic acids is 1. The fraction of sp³-hybridized carbons (Fsp3) is 0.200. The van der Waals surface area contributed by atoms with Crippen LogP contribution in [-0.2, 0) is 4.74 Å². The summed E-state index contributed by atoms with van der Waals surface area (Å²) in [5.41, 5.74) is 13.3. The molecule has 5 heteroatoms. The van der Waals surface area contributed by atoms with Crippen molar-refractivity contribution in [3.63, 3.8) is 0 Å². The Morgan fingerprint density at radius 1 is 1.10 bits per heavy atom. The van der Waals surface area contributed by atoms with E-state index in [2.05, 4.69) is 11.6 Å². The van der Waals surface area contributed by atoms with E-state index in [1.54, 1.807) is 36.6 Å². The fourth-order valence-electron chi connectivity index (χ4n) is 2.00. The van der Waals surface area contributed by atoms with Crippen LogP contribution in [0.5, 0.6) is 0 Å². The quantitative estimate of drug-likeness (QED) is 0.222. The van der Waals surface area contributed by atoms with Gasteiger partial charge in [-0.2, -0.15) is 0 Å². The van der Waals surface area contributed by atoms with Crippen LogP contribution >= 0.6 is 0 Å². The highest BCUT2D eigenvalue weighted by Gasteiger charge is 2.03. The molecule has 1 amide bonds. The molecule has 0 saturated heterocycles. The number of rotatable bonds is 9. The monoisotopic (exact) mass is 407 g/mol. The molecule has 160 valence electrons. The summed E-state index contributed by atoms with van der Waals surface area (Å²) in [6.07, 6.45) is 16.4. The van der Waals surface area contributed by atoms with E-state index in [1.165, 1.54) is 0 Å². The number of nitrogens with two attached hydrogens (primary N) is 2. The van der Waals surface area contributed by atoms with E-state index >= 15 is 0 Å². The molecule has 0 aliphatic heterocycles. The van der Waals surface area contributed by atoms with E-state index < -0.39 is 5.91 Å². The van der Waals surface area contributed by atoms with E-state index in [-0.39, 0.29) is 0 Å². The zero-order chi connectivity index (χ0) is 22.9. The smallest absolute Gasteiger partial charge is 0.248 e. The molecule has 5 nitrogen and oxygen atoms in total. The Hall–Kier alpha value is -3.60. The molecule has 0 aliphatic carbocycles. The van der Waals surface area contributed by atoms with Gasteiger partial charge >= 0.3 is 0 Å². The number of hydrogen-bond donors (Lipinski definition) is 2. The Labute approximate surface area is 180 Å². The van der Waals surface area contributed by atoms with Gasteiger partial charge in [0, 0.05) is 11.8 Å². The lowest BCUT2D eigenvalue weighted by Crippen LogP contribution is -2.10. The van der Waals surface area contributed by atoms with Crippen LogP contribution in [0, 0.1) is 0 Å². The standard InChI is InChI=1S/C23H27N3O2.C2H6/c1-5-8-10-20(9-6-2)28-19(7-3)13-11-17(4)16-26-22-15-18(23(25)27)12-14-21(22)24;1-2/h5-16H,3,24H2,1-2,4H3,(H2,25,27);1-2H3/b8-5+,9-6-,17-11+,19-13+,20-10+,26-16?;. The summed E-state index contributed by atoms with van der Waals surface area (Å²) in [4.78, 5) is 15.6. The summed E-state index contributed by atoms with van der Waals surface area (Å²) in [5, 5.41) is 0. The molecule has 0 fully saturated rings. The summed E-state index contributed by atoms with van der Waals surface area (Å²) in [5.74, 6) is 0.765. The Bertz CT molecular complexity index is 886. The Morgan fingerprint density at radius 2 is 1.80 bits per heavy atom. The van der Waals surface area contributed by atoms with Crippen LogP contribution in [0.15, 0.2) is 95.5 Å². The van der Waals surface area contributed by atoms with Gasteiger partial charge in [-0.05, 0) is 68.8 Å². The van der Waals surface area contributed by atoms with Gasteiger partial charge in [-0.3, -0.25) is 9.79 Å². The number of hydrogen-bond acceptors (Lipinski definition) is 4. The molecule has 4 N–H and O–H groups in total. The highest BCUT2D eigenvalue weighted by atomic mass is 16.5. The Balaban J connectivity index is 0.00000407. The van der Waals surface area contributed by atoms with Crippen LogP contribution in [-0.4, -0.2) is 12.1 Å². The number of ether oxygens (including phenoxy) is 1. The van der Waals surface area contributed by atoms with Gasteiger partial charge < -0.3 is 16.2 Å². The van der Waals surface area contributed by atoms with Crippen LogP contribution in [0.1, 0.15) is 45.0 Å². The highest BCUT2D eigenvalue weighted by Crippen LogP contribution is 2.23. The molecule has 0 spiro atoms. The highest BCUT2D eigenvalue weighted by molar-refractivity contribution is 5.95. The zero-order valence-corrected chi connectivity index (χ0v) is 18.6. The second kappa shape index (κ2) is 15.3. The molecule has 0 bridgehead atoms. The first-order valence-electron chi connectivity index (χ1n) is 9.79. The summed E-state index contributed by atoms with van der Waals surface area (Å²) in [6, 6.07) is 4.74. The van der Waals surface area contributed by atoms with Crippen molar-refractivity contribution in [1.29, 1.82) is 0 Å². The molecule has 1 rings (SSSR count). The maximum atomic E-state index is 11.3. The third-order valence-electron chi connectivity index (χ3n) is 3.45. The second-order valence-electron chi connectivity index (χ2n) is 5.78. The van der Waals surface area contributed by atoms with E-state index in [0.29, 0.717) is 28.5 Å². The van der Waals surface area contributed by atoms with Crippen LogP contribution in [0.3, 0.4) is 0 Å². The Kier molecular flexibility index (Phi) is 13.5.